The maximum absolute atomic E-state index is 12.6. The zero-order chi connectivity index (χ0) is 24.1. The second-order valence-electron chi connectivity index (χ2n) is 9.45. The third kappa shape index (κ3) is 5.91. The van der Waals surface area contributed by atoms with E-state index >= 15 is 0 Å². The average molecular weight is 467 g/mol. The van der Waals surface area contributed by atoms with Crippen molar-refractivity contribution in [1.82, 2.24) is 15.3 Å². The van der Waals surface area contributed by atoms with Crippen LogP contribution in [0.1, 0.15) is 65.0 Å². The number of amides is 1. The summed E-state index contributed by atoms with van der Waals surface area (Å²) in [7, 11) is 0. The van der Waals surface area contributed by atoms with Crippen molar-refractivity contribution in [2.75, 3.05) is 18.5 Å². The van der Waals surface area contributed by atoms with Crippen molar-refractivity contribution in [3.8, 4) is 0 Å². The van der Waals surface area contributed by atoms with Gasteiger partial charge in [-0.3, -0.25) is 9.78 Å². The number of carbonyl (C=O) groups is 2. The number of hydrogen-bond acceptors (Lipinski definition) is 6. The van der Waals surface area contributed by atoms with Crippen molar-refractivity contribution < 1.29 is 19.4 Å². The smallest absolute Gasteiger partial charge is 0.326 e. The zero-order valence-corrected chi connectivity index (χ0v) is 20.0. The summed E-state index contributed by atoms with van der Waals surface area (Å²) in [5.41, 5.74) is 4.24. The molecule has 8 nitrogen and oxygen atoms in total. The number of aliphatic carboxylic acids is 1. The summed E-state index contributed by atoms with van der Waals surface area (Å²) in [5, 5.41) is 15.6. The van der Waals surface area contributed by atoms with E-state index in [1.807, 2.05) is 6.92 Å². The van der Waals surface area contributed by atoms with Crippen LogP contribution in [0.25, 0.3) is 0 Å². The van der Waals surface area contributed by atoms with Crippen LogP contribution in [0.2, 0.25) is 0 Å². The van der Waals surface area contributed by atoms with E-state index in [0.717, 1.165) is 55.7 Å². The van der Waals surface area contributed by atoms with E-state index in [9.17, 15) is 14.7 Å². The lowest BCUT2D eigenvalue weighted by Crippen LogP contribution is -2.42. The predicted molar refractivity (Wildman–Crippen MR) is 129 cm³/mol. The summed E-state index contributed by atoms with van der Waals surface area (Å²) in [6.07, 6.45) is 8.32. The first-order chi connectivity index (χ1) is 16.4. The first-order valence-corrected chi connectivity index (χ1v) is 12.2. The van der Waals surface area contributed by atoms with Gasteiger partial charge < -0.3 is 20.5 Å². The average Bonchev–Trinajstić information content (AvgIpc) is 2.78. The molecule has 2 aliphatic rings. The molecule has 0 spiro atoms. The van der Waals surface area contributed by atoms with E-state index in [-0.39, 0.29) is 12.5 Å². The fourth-order valence-electron chi connectivity index (χ4n) is 4.78. The van der Waals surface area contributed by atoms with Crippen LogP contribution in [0.3, 0.4) is 0 Å². The number of carboxylic acids is 1. The molecular weight excluding hydrogens is 432 g/mol. The minimum atomic E-state index is -1.06. The molecule has 1 aliphatic carbocycles. The van der Waals surface area contributed by atoms with Gasteiger partial charge in [-0.15, -0.1) is 0 Å². The summed E-state index contributed by atoms with van der Waals surface area (Å²) in [5.74, 6) is 0.189. The first kappa shape index (κ1) is 24.1. The summed E-state index contributed by atoms with van der Waals surface area (Å²) in [6, 6.07) is 5.09. The standard InChI is InChI=1S/C26H34N4O4/c1-16-9-12-27-17(2)23(16)25(31)30-22(26(32)33)10-13-34-21-14-18(15-21)5-7-20-8-6-19-4-3-11-28-24(19)29-20/h6,8-9,12,18,21-22H,3-5,7,10-11,13-15H2,1-2H3,(H,28,29)(H,30,31)(H,32,33)/t18-,21+,22-/m0/s1. The van der Waals surface area contributed by atoms with Crippen LogP contribution in [0.5, 0.6) is 0 Å². The number of nitrogens with zero attached hydrogens (tertiary/aromatic N) is 2. The van der Waals surface area contributed by atoms with Gasteiger partial charge >= 0.3 is 5.97 Å². The Morgan fingerprint density at radius 2 is 2.09 bits per heavy atom. The summed E-state index contributed by atoms with van der Waals surface area (Å²) in [4.78, 5) is 33.2. The highest BCUT2D eigenvalue weighted by atomic mass is 16.5. The second-order valence-corrected chi connectivity index (χ2v) is 9.45. The van der Waals surface area contributed by atoms with E-state index in [1.54, 1.807) is 19.2 Å². The van der Waals surface area contributed by atoms with Crippen molar-refractivity contribution in [3.05, 3.63) is 52.5 Å². The number of aromatic nitrogens is 2. The molecule has 0 saturated heterocycles. The lowest BCUT2D eigenvalue weighted by atomic mass is 9.79. The molecule has 0 bridgehead atoms. The maximum atomic E-state index is 12.6. The van der Waals surface area contributed by atoms with Crippen molar-refractivity contribution in [2.45, 2.75) is 70.9 Å². The van der Waals surface area contributed by atoms with Crippen LogP contribution < -0.4 is 10.6 Å². The van der Waals surface area contributed by atoms with Crippen molar-refractivity contribution in [1.29, 1.82) is 0 Å². The highest BCUT2D eigenvalue weighted by Crippen LogP contribution is 2.34. The van der Waals surface area contributed by atoms with Crippen LogP contribution in [-0.4, -0.2) is 52.2 Å². The Balaban J connectivity index is 1.17. The molecule has 3 N–H and O–H groups in total. The van der Waals surface area contributed by atoms with Crippen molar-refractivity contribution in [3.63, 3.8) is 0 Å². The van der Waals surface area contributed by atoms with Gasteiger partial charge in [0.15, 0.2) is 0 Å². The van der Waals surface area contributed by atoms with Gasteiger partial charge in [0, 0.05) is 31.5 Å². The van der Waals surface area contributed by atoms with Crippen LogP contribution in [0.15, 0.2) is 24.4 Å². The van der Waals surface area contributed by atoms with Crippen molar-refractivity contribution in [2.24, 2.45) is 5.92 Å². The van der Waals surface area contributed by atoms with Gasteiger partial charge in [-0.25, -0.2) is 9.78 Å². The number of nitrogens with one attached hydrogen (secondary N) is 2. The molecule has 1 saturated carbocycles. The minimum Gasteiger partial charge on any atom is -0.480 e. The molecule has 0 unspecified atom stereocenters. The fourth-order valence-corrected chi connectivity index (χ4v) is 4.78. The molecule has 3 heterocycles. The third-order valence-electron chi connectivity index (χ3n) is 6.89. The van der Waals surface area contributed by atoms with E-state index in [4.69, 9.17) is 9.72 Å². The molecular formula is C26H34N4O4. The summed E-state index contributed by atoms with van der Waals surface area (Å²) >= 11 is 0. The molecule has 1 fully saturated rings. The Labute approximate surface area is 200 Å². The lowest BCUT2D eigenvalue weighted by molar-refractivity contribution is -0.140. The van der Waals surface area contributed by atoms with E-state index < -0.39 is 17.9 Å². The Bertz CT molecular complexity index is 1020. The number of fused-ring (bicyclic) bond motifs is 1. The third-order valence-corrected chi connectivity index (χ3v) is 6.89. The molecule has 1 amide bonds. The molecule has 2 aromatic heterocycles. The Hall–Kier alpha value is -3.00. The fraction of sp³-hybridized carbons (Fsp3) is 0.538. The van der Waals surface area contributed by atoms with Gasteiger partial charge in [0.25, 0.3) is 5.91 Å². The monoisotopic (exact) mass is 466 g/mol. The SMILES string of the molecule is Cc1ccnc(C)c1C(=O)N[C@@H](CCO[C@H]1C[C@@H](CCc2ccc3c(n2)NCCC3)C1)C(=O)O. The summed E-state index contributed by atoms with van der Waals surface area (Å²) in [6.45, 7) is 4.86. The Kier molecular flexibility index (Phi) is 7.77. The number of carbonyl (C=O) groups excluding carboxylic acids is 1. The van der Waals surface area contributed by atoms with Gasteiger partial charge in [0.1, 0.15) is 11.9 Å². The van der Waals surface area contributed by atoms with E-state index in [0.29, 0.717) is 23.8 Å². The largest absolute Gasteiger partial charge is 0.480 e. The van der Waals surface area contributed by atoms with Crippen LogP contribution in [0, 0.1) is 19.8 Å². The molecule has 0 radical (unpaired) electrons. The Morgan fingerprint density at radius 3 is 2.85 bits per heavy atom. The number of hydrogen-bond donors (Lipinski definition) is 3. The number of ether oxygens (including phenoxy) is 1. The Morgan fingerprint density at radius 1 is 1.26 bits per heavy atom. The summed E-state index contributed by atoms with van der Waals surface area (Å²) < 4.78 is 5.90. The number of carboxylic acid groups (broad SMARTS) is 1. The molecule has 0 aromatic carbocycles. The number of aryl methyl sites for hydroxylation is 4. The topological polar surface area (TPSA) is 113 Å². The highest BCUT2D eigenvalue weighted by Gasteiger charge is 2.30. The molecule has 4 rings (SSSR count). The molecule has 182 valence electrons. The van der Waals surface area contributed by atoms with E-state index in [2.05, 4.69) is 27.8 Å². The molecule has 1 aliphatic heterocycles. The van der Waals surface area contributed by atoms with E-state index in [1.165, 1.54) is 12.0 Å². The van der Waals surface area contributed by atoms with Crippen LogP contribution >= 0.6 is 0 Å². The van der Waals surface area contributed by atoms with Crippen LogP contribution in [0.4, 0.5) is 5.82 Å². The van der Waals surface area contributed by atoms with Crippen molar-refractivity contribution >= 4 is 17.7 Å². The number of anilines is 1. The number of pyridine rings is 2. The van der Waals surface area contributed by atoms with Gasteiger partial charge in [0.05, 0.1) is 17.4 Å². The van der Waals surface area contributed by atoms with Gasteiger partial charge in [0.2, 0.25) is 0 Å². The maximum Gasteiger partial charge on any atom is 0.326 e. The molecule has 34 heavy (non-hydrogen) atoms. The lowest BCUT2D eigenvalue weighted by Gasteiger charge is -2.35. The highest BCUT2D eigenvalue weighted by molar-refractivity contribution is 5.98. The molecule has 8 heteroatoms. The van der Waals surface area contributed by atoms with Crippen LogP contribution in [-0.2, 0) is 22.4 Å². The quantitative estimate of drug-likeness (QED) is 0.491. The molecule has 1 atom stereocenters. The normalized spacial score (nSPS) is 19.9. The minimum absolute atomic E-state index is 0.163. The first-order valence-electron chi connectivity index (χ1n) is 12.2. The van der Waals surface area contributed by atoms with Gasteiger partial charge in [-0.1, -0.05) is 6.07 Å². The van der Waals surface area contributed by atoms with Gasteiger partial charge in [-0.2, -0.15) is 0 Å². The number of rotatable bonds is 10. The zero-order valence-electron chi connectivity index (χ0n) is 20.0. The molecule has 2 aromatic rings. The second kappa shape index (κ2) is 11.0. The predicted octanol–water partition coefficient (Wildman–Crippen LogP) is 3.45. The van der Waals surface area contributed by atoms with Gasteiger partial charge in [-0.05, 0) is 81.5 Å².